The topological polar surface area (TPSA) is 42.7 Å². The molecule has 0 bridgehead atoms. The highest BCUT2D eigenvalue weighted by molar-refractivity contribution is 7.09. The van der Waals surface area contributed by atoms with Crippen LogP contribution in [0.15, 0.2) is 11.4 Å². The zero-order valence-corrected chi connectivity index (χ0v) is 12.2. The van der Waals surface area contributed by atoms with Gasteiger partial charge >= 0.3 is 0 Å². The van der Waals surface area contributed by atoms with E-state index in [2.05, 4.69) is 33.8 Å². The molecule has 2 rings (SSSR count). The summed E-state index contributed by atoms with van der Waals surface area (Å²) in [5.41, 5.74) is 3.51. The first-order valence-corrected chi connectivity index (χ1v) is 7.13. The van der Waals surface area contributed by atoms with Gasteiger partial charge in [0, 0.05) is 18.8 Å². The third-order valence-electron chi connectivity index (χ3n) is 3.11. The summed E-state index contributed by atoms with van der Waals surface area (Å²) in [6.45, 7) is 4.17. The maximum atomic E-state index is 4.53. The minimum Gasteiger partial charge on any atom is -0.311 e. The van der Waals surface area contributed by atoms with Crippen molar-refractivity contribution in [2.75, 3.05) is 7.05 Å². The maximum absolute atomic E-state index is 4.53. The molecule has 2 aromatic heterocycles. The average molecular weight is 264 g/mol. The van der Waals surface area contributed by atoms with Crippen LogP contribution in [0.5, 0.6) is 0 Å². The Morgan fingerprint density at radius 3 is 2.72 bits per heavy atom. The fourth-order valence-electron chi connectivity index (χ4n) is 2.11. The Bertz CT molecular complexity index is 515. The van der Waals surface area contributed by atoms with E-state index in [0.29, 0.717) is 0 Å². The Kier molecular flexibility index (Phi) is 4.14. The second kappa shape index (κ2) is 5.63. The van der Waals surface area contributed by atoms with Crippen molar-refractivity contribution in [1.82, 2.24) is 20.1 Å². The van der Waals surface area contributed by atoms with E-state index in [4.69, 9.17) is 0 Å². The van der Waals surface area contributed by atoms with Crippen LogP contribution in [0.4, 0.5) is 0 Å². The molecule has 0 saturated carbocycles. The van der Waals surface area contributed by atoms with Crippen LogP contribution in [0.25, 0.3) is 0 Å². The summed E-state index contributed by atoms with van der Waals surface area (Å²) in [6, 6.07) is 2.45. The molecule has 1 unspecified atom stereocenters. The van der Waals surface area contributed by atoms with Crippen LogP contribution < -0.4 is 5.32 Å². The van der Waals surface area contributed by atoms with Gasteiger partial charge in [-0.05, 0) is 26.5 Å². The summed E-state index contributed by atoms with van der Waals surface area (Å²) >= 11 is 1.70. The van der Waals surface area contributed by atoms with Crippen LogP contribution >= 0.6 is 11.3 Å². The van der Waals surface area contributed by atoms with Gasteiger partial charge in [-0.25, -0.2) is 4.98 Å². The summed E-state index contributed by atoms with van der Waals surface area (Å²) in [5.74, 6) is 0. The lowest BCUT2D eigenvalue weighted by Gasteiger charge is -2.15. The lowest BCUT2D eigenvalue weighted by Crippen LogP contribution is -2.21. The molecular formula is C13H20N4S. The summed E-state index contributed by atoms with van der Waals surface area (Å²) in [7, 11) is 3.99. The van der Waals surface area contributed by atoms with Gasteiger partial charge in [-0.15, -0.1) is 11.3 Å². The number of hydrogen-bond donors (Lipinski definition) is 1. The molecule has 18 heavy (non-hydrogen) atoms. The van der Waals surface area contributed by atoms with Crippen LogP contribution in [-0.2, 0) is 19.9 Å². The van der Waals surface area contributed by atoms with E-state index in [1.54, 1.807) is 11.3 Å². The van der Waals surface area contributed by atoms with Crippen LogP contribution in [0.1, 0.15) is 35.1 Å². The van der Waals surface area contributed by atoms with Crippen molar-refractivity contribution in [1.29, 1.82) is 0 Å². The number of nitrogens with one attached hydrogen (secondary N) is 1. The fraction of sp³-hybridized carbons (Fsp3) is 0.538. The molecule has 1 atom stereocenters. The Morgan fingerprint density at radius 2 is 2.22 bits per heavy atom. The normalized spacial score (nSPS) is 12.9. The first kappa shape index (κ1) is 13.2. The second-order valence-electron chi connectivity index (χ2n) is 4.44. The number of thiazole rings is 1. The van der Waals surface area contributed by atoms with E-state index >= 15 is 0 Å². The Labute approximate surface area is 112 Å². The highest BCUT2D eigenvalue weighted by atomic mass is 32.1. The molecule has 0 spiro atoms. The molecule has 1 N–H and O–H groups in total. The maximum Gasteiger partial charge on any atom is 0.0897 e. The molecule has 0 aliphatic rings. The van der Waals surface area contributed by atoms with E-state index < -0.39 is 0 Å². The van der Waals surface area contributed by atoms with Crippen molar-refractivity contribution in [2.24, 2.45) is 7.05 Å². The van der Waals surface area contributed by atoms with E-state index in [-0.39, 0.29) is 6.04 Å². The van der Waals surface area contributed by atoms with Gasteiger partial charge in [0.1, 0.15) is 0 Å². The van der Waals surface area contributed by atoms with Gasteiger partial charge in [0.25, 0.3) is 0 Å². The van der Waals surface area contributed by atoms with Crippen LogP contribution in [0.2, 0.25) is 0 Å². The predicted molar refractivity (Wildman–Crippen MR) is 74.9 cm³/mol. The Hall–Kier alpha value is -1.20. The van der Waals surface area contributed by atoms with Crippen LogP contribution in [0.3, 0.4) is 0 Å². The summed E-state index contributed by atoms with van der Waals surface area (Å²) in [4.78, 5) is 4.53. The average Bonchev–Trinajstić information content (AvgIpc) is 2.92. The minimum absolute atomic E-state index is 0.268. The molecule has 0 amide bonds. The largest absolute Gasteiger partial charge is 0.311 e. The van der Waals surface area contributed by atoms with Crippen molar-refractivity contribution >= 4 is 11.3 Å². The number of likely N-dealkylation sites (N-methyl/N-ethyl adjacent to an activating group) is 1. The molecule has 0 aromatic carbocycles. The second-order valence-corrected chi connectivity index (χ2v) is 5.50. The summed E-state index contributed by atoms with van der Waals surface area (Å²) in [5, 5.41) is 11.1. The zero-order chi connectivity index (χ0) is 13.1. The molecule has 0 radical (unpaired) electrons. The van der Waals surface area contributed by atoms with E-state index in [1.807, 2.05) is 25.7 Å². The molecule has 0 aliphatic heterocycles. The third-order valence-corrected chi connectivity index (χ3v) is 3.94. The highest BCUT2D eigenvalue weighted by Gasteiger charge is 2.16. The first-order chi connectivity index (χ1) is 8.63. The number of rotatable bonds is 5. The quantitative estimate of drug-likeness (QED) is 0.900. The van der Waals surface area contributed by atoms with Gasteiger partial charge in [0.2, 0.25) is 0 Å². The molecule has 98 valence electrons. The monoisotopic (exact) mass is 264 g/mol. The van der Waals surface area contributed by atoms with E-state index in [1.165, 1.54) is 5.69 Å². The van der Waals surface area contributed by atoms with Crippen molar-refractivity contribution in [3.63, 3.8) is 0 Å². The van der Waals surface area contributed by atoms with Crippen molar-refractivity contribution < 1.29 is 0 Å². The van der Waals surface area contributed by atoms with Crippen LogP contribution in [0, 0.1) is 6.92 Å². The lowest BCUT2D eigenvalue weighted by molar-refractivity contribution is 0.532. The van der Waals surface area contributed by atoms with Gasteiger partial charge < -0.3 is 5.32 Å². The van der Waals surface area contributed by atoms with Gasteiger partial charge in [-0.2, -0.15) is 5.10 Å². The van der Waals surface area contributed by atoms with Crippen molar-refractivity contribution in [3.8, 4) is 0 Å². The first-order valence-electron chi connectivity index (χ1n) is 6.25. The lowest BCUT2D eigenvalue weighted by atomic mass is 10.1. The molecular weight excluding hydrogens is 244 g/mol. The van der Waals surface area contributed by atoms with Crippen molar-refractivity contribution in [3.05, 3.63) is 33.5 Å². The number of nitrogens with zero attached hydrogens (tertiary/aromatic N) is 3. The highest BCUT2D eigenvalue weighted by Crippen LogP contribution is 2.20. The van der Waals surface area contributed by atoms with Gasteiger partial charge in [0.05, 0.1) is 28.1 Å². The molecule has 4 nitrogen and oxygen atoms in total. The molecule has 5 heteroatoms. The minimum atomic E-state index is 0.268. The summed E-state index contributed by atoms with van der Waals surface area (Å²) < 4.78 is 1.97. The summed E-state index contributed by atoms with van der Waals surface area (Å²) in [6.07, 6.45) is 1.88. The fourth-order valence-corrected chi connectivity index (χ4v) is 2.73. The number of hydrogen-bond acceptors (Lipinski definition) is 4. The van der Waals surface area contributed by atoms with Crippen LogP contribution in [-0.4, -0.2) is 21.8 Å². The predicted octanol–water partition coefficient (Wildman–Crippen LogP) is 2.25. The molecule has 0 saturated heterocycles. The van der Waals surface area contributed by atoms with Crippen molar-refractivity contribution in [2.45, 2.75) is 32.7 Å². The van der Waals surface area contributed by atoms with Gasteiger partial charge in [0.15, 0.2) is 0 Å². The van der Waals surface area contributed by atoms with Gasteiger partial charge in [-0.1, -0.05) is 6.92 Å². The molecule has 2 aromatic rings. The van der Waals surface area contributed by atoms with Gasteiger partial charge in [-0.3, -0.25) is 4.68 Å². The molecule has 0 aliphatic carbocycles. The third kappa shape index (κ3) is 2.79. The smallest absolute Gasteiger partial charge is 0.0897 e. The number of aryl methyl sites for hydroxylation is 3. The standard InChI is InChI=1S/C13H20N4S/c1-5-10-7-13(17(4)16-10)12(14-3)6-11-8-18-9(2)15-11/h7-8,12,14H,5-6H2,1-4H3. The zero-order valence-electron chi connectivity index (χ0n) is 11.4. The molecule has 2 heterocycles. The Morgan fingerprint density at radius 1 is 1.44 bits per heavy atom. The van der Waals surface area contributed by atoms with E-state index in [9.17, 15) is 0 Å². The van der Waals surface area contributed by atoms with E-state index in [0.717, 1.165) is 29.2 Å². The molecule has 0 fully saturated rings. The Balaban J connectivity index is 2.19. The SMILES string of the molecule is CCc1cc(C(Cc2csc(C)n2)NC)n(C)n1. The number of aromatic nitrogens is 3.